The predicted molar refractivity (Wildman–Crippen MR) is 118 cm³/mol. The van der Waals surface area contributed by atoms with E-state index in [1.807, 2.05) is 18.2 Å². The van der Waals surface area contributed by atoms with Crippen LogP contribution in [-0.2, 0) is 4.74 Å². The van der Waals surface area contributed by atoms with Crippen molar-refractivity contribution in [2.24, 2.45) is 0 Å². The van der Waals surface area contributed by atoms with Crippen LogP contribution in [0.3, 0.4) is 0 Å². The fraction of sp³-hybridized carbons (Fsp3) is 0.391. The Balaban J connectivity index is 1.44. The van der Waals surface area contributed by atoms with E-state index in [9.17, 15) is 9.59 Å². The number of hydrogen-bond acceptors (Lipinski definition) is 7. The minimum atomic E-state index is -0.522. The number of aromatic amines is 1. The van der Waals surface area contributed by atoms with Crippen LogP contribution in [0.2, 0.25) is 0 Å². The number of para-hydroxylation sites is 1. The highest BCUT2D eigenvalue weighted by Crippen LogP contribution is 2.44. The third-order valence-electron chi connectivity index (χ3n) is 6.44. The van der Waals surface area contributed by atoms with Crippen LogP contribution in [0, 0.1) is 0 Å². The van der Waals surface area contributed by atoms with Crippen LogP contribution < -0.4 is 14.8 Å². The van der Waals surface area contributed by atoms with Crippen LogP contribution in [-0.4, -0.2) is 65.0 Å². The van der Waals surface area contributed by atoms with Gasteiger partial charge in [0.2, 0.25) is 5.88 Å². The lowest BCUT2D eigenvalue weighted by molar-refractivity contribution is -0.0233. The number of pyridine rings is 1. The summed E-state index contributed by atoms with van der Waals surface area (Å²) in [5.74, 6) is 0.830. The van der Waals surface area contributed by atoms with E-state index >= 15 is 0 Å². The van der Waals surface area contributed by atoms with Crippen molar-refractivity contribution in [3.63, 3.8) is 0 Å². The van der Waals surface area contributed by atoms with E-state index in [1.54, 1.807) is 30.3 Å². The first kappa shape index (κ1) is 21.0. The number of methoxy groups -OCH3 is 2. The van der Waals surface area contributed by atoms with Crippen molar-refractivity contribution < 1.29 is 23.8 Å². The van der Waals surface area contributed by atoms with Gasteiger partial charge in [-0.3, -0.25) is 9.89 Å². The predicted octanol–water partition coefficient (Wildman–Crippen LogP) is 2.82. The van der Waals surface area contributed by atoms with E-state index in [-0.39, 0.29) is 18.0 Å². The number of rotatable bonds is 3. The lowest BCUT2D eigenvalue weighted by Crippen LogP contribution is -2.53. The Kier molecular flexibility index (Phi) is 5.27. The van der Waals surface area contributed by atoms with E-state index in [4.69, 9.17) is 14.2 Å². The summed E-state index contributed by atoms with van der Waals surface area (Å²) in [6.07, 6.45) is 3.11. The van der Waals surface area contributed by atoms with Gasteiger partial charge in [0.25, 0.3) is 5.91 Å². The summed E-state index contributed by atoms with van der Waals surface area (Å²) in [6, 6.07) is 8.67. The third-order valence-corrected chi connectivity index (χ3v) is 6.44. The summed E-state index contributed by atoms with van der Waals surface area (Å²) in [7, 11) is 2.93. The number of ether oxygens (including phenoxy) is 3. The highest BCUT2D eigenvalue weighted by atomic mass is 16.5. The van der Waals surface area contributed by atoms with E-state index in [0.29, 0.717) is 60.8 Å². The highest BCUT2D eigenvalue weighted by molar-refractivity contribution is 6.05. The van der Waals surface area contributed by atoms with Gasteiger partial charge in [-0.15, -0.1) is 0 Å². The Bertz CT molecular complexity index is 1200. The van der Waals surface area contributed by atoms with Crippen LogP contribution in [0.15, 0.2) is 36.5 Å². The molecule has 0 saturated carbocycles. The number of nitrogens with zero attached hydrogens (tertiary/aromatic N) is 3. The van der Waals surface area contributed by atoms with Gasteiger partial charge in [-0.05, 0) is 12.1 Å². The number of H-pyrrole nitrogens is 1. The maximum absolute atomic E-state index is 13.3. The fourth-order valence-corrected chi connectivity index (χ4v) is 4.68. The van der Waals surface area contributed by atoms with Gasteiger partial charge in [0.15, 0.2) is 0 Å². The summed E-state index contributed by atoms with van der Waals surface area (Å²) in [4.78, 5) is 31.5. The largest absolute Gasteiger partial charge is 0.485 e. The van der Waals surface area contributed by atoms with Crippen molar-refractivity contribution in [1.82, 2.24) is 25.4 Å². The Morgan fingerprint density at radius 2 is 2.03 bits per heavy atom. The maximum Gasteiger partial charge on any atom is 0.409 e. The van der Waals surface area contributed by atoms with Crippen LogP contribution >= 0.6 is 0 Å². The summed E-state index contributed by atoms with van der Waals surface area (Å²) in [5.41, 5.74) is 1.30. The Hall–Kier alpha value is -3.82. The molecule has 2 N–H and O–H groups in total. The van der Waals surface area contributed by atoms with Crippen LogP contribution in [0.1, 0.15) is 41.4 Å². The minimum Gasteiger partial charge on any atom is -0.485 e. The number of fused-ring (bicyclic) bond motifs is 2. The van der Waals surface area contributed by atoms with Crippen molar-refractivity contribution >= 4 is 22.9 Å². The normalized spacial score (nSPS) is 19.0. The summed E-state index contributed by atoms with van der Waals surface area (Å²) in [5, 5.41) is 11.0. The number of likely N-dealkylation sites (tertiary alicyclic amines) is 1. The molecule has 33 heavy (non-hydrogen) atoms. The molecule has 172 valence electrons. The molecule has 5 rings (SSSR count). The van der Waals surface area contributed by atoms with Gasteiger partial charge in [-0.25, -0.2) is 9.78 Å². The van der Waals surface area contributed by atoms with Crippen LogP contribution in [0.25, 0.3) is 10.9 Å². The molecule has 2 aliphatic heterocycles. The molecule has 1 spiro atoms. The Morgan fingerprint density at radius 3 is 2.79 bits per heavy atom. The number of carbonyl (C=O) groups excluding carboxylic acids is 2. The molecular weight excluding hydrogens is 426 g/mol. The first-order valence-corrected chi connectivity index (χ1v) is 10.8. The van der Waals surface area contributed by atoms with E-state index in [0.717, 1.165) is 5.39 Å². The molecule has 0 radical (unpaired) electrons. The van der Waals surface area contributed by atoms with Gasteiger partial charge in [0.05, 0.1) is 37.5 Å². The molecule has 4 heterocycles. The van der Waals surface area contributed by atoms with E-state index in [2.05, 4.69) is 20.5 Å². The van der Waals surface area contributed by atoms with Gasteiger partial charge in [-0.1, -0.05) is 12.1 Å². The smallest absolute Gasteiger partial charge is 0.409 e. The van der Waals surface area contributed by atoms with Crippen LogP contribution in [0.5, 0.6) is 11.6 Å². The molecule has 0 unspecified atom stereocenters. The summed E-state index contributed by atoms with van der Waals surface area (Å²) in [6.45, 7) is 1.03. The zero-order valence-electron chi connectivity index (χ0n) is 18.5. The average Bonchev–Trinajstić information content (AvgIpc) is 3.33. The molecule has 10 heteroatoms. The summed E-state index contributed by atoms with van der Waals surface area (Å²) < 4.78 is 16.6. The molecule has 2 aliphatic rings. The molecule has 0 aliphatic carbocycles. The second kappa shape index (κ2) is 8.27. The molecule has 0 bridgehead atoms. The number of amides is 2. The zero-order chi connectivity index (χ0) is 23.0. The van der Waals surface area contributed by atoms with Gasteiger partial charge in [0.1, 0.15) is 17.0 Å². The Morgan fingerprint density at radius 1 is 1.21 bits per heavy atom. The van der Waals surface area contributed by atoms with Gasteiger partial charge in [0, 0.05) is 43.8 Å². The zero-order valence-corrected chi connectivity index (χ0v) is 18.5. The van der Waals surface area contributed by atoms with E-state index in [1.165, 1.54) is 7.11 Å². The molecule has 1 fully saturated rings. The fourth-order valence-electron chi connectivity index (χ4n) is 4.68. The molecule has 3 aromatic rings. The topological polar surface area (TPSA) is 119 Å². The molecular formula is C23H25N5O5. The Labute approximate surface area is 190 Å². The van der Waals surface area contributed by atoms with Crippen molar-refractivity contribution in [2.45, 2.75) is 30.9 Å². The van der Waals surface area contributed by atoms with Crippen molar-refractivity contribution in [3.8, 4) is 11.6 Å². The molecule has 2 amide bonds. The molecule has 2 aromatic heterocycles. The quantitative estimate of drug-likeness (QED) is 0.628. The minimum absolute atomic E-state index is 0.227. The highest BCUT2D eigenvalue weighted by Gasteiger charge is 2.45. The number of piperidine rings is 1. The van der Waals surface area contributed by atoms with E-state index < -0.39 is 5.60 Å². The second-order valence-electron chi connectivity index (χ2n) is 8.35. The monoisotopic (exact) mass is 451 g/mol. The first-order valence-electron chi connectivity index (χ1n) is 10.8. The maximum atomic E-state index is 13.3. The summed E-state index contributed by atoms with van der Waals surface area (Å²) >= 11 is 0. The average molecular weight is 451 g/mol. The second-order valence-corrected chi connectivity index (χ2v) is 8.35. The van der Waals surface area contributed by atoms with Gasteiger partial charge >= 0.3 is 6.09 Å². The standard InChI is InChI=1S/C23H25N5O5/c1-31-18-7-6-17-20(26-18)16(12-23(33-17)8-10-28(11-9-23)22(30)32-2)25-21(29)15-5-3-4-14-13-24-27-19(14)15/h3-7,13,16H,8-12H2,1-2H3,(H,24,27)(H,25,29)/t16-/m0/s1. The number of hydrogen-bond donors (Lipinski definition) is 2. The number of carbonyl (C=O) groups is 2. The third kappa shape index (κ3) is 3.81. The van der Waals surface area contributed by atoms with Gasteiger partial charge < -0.3 is 24.4 Å². The molecule has 10 nitrogen and oxygen atoms in total. The SMILES string of the molecule is COC(=O)N1CCC2(CC1)C[C@H](NC(=O)c1cccc3cn[nH]c13)c1nc(OC)ccc1O2. The number of aromatic nitrogens is 3. The molecule has 1 saturated heterocycles. The van der Waals surface area contributed by atoms with Crippen molar-refractivity contribution in [2.75, 3.05) is 27.3 Å². The van der Waals surface area contributed by atoms with Crippen LogP contribution in [0.4, 0.5) is 4.79 Å². The lowest BCUT2D eigenvalue weighted by atomic mass is 9.81. The molecule has 1 aromatic carbocycles. The molecule has 1 atom stereocenters. The van der Waals surface area contributed by atoms with Gasteiger partial charge in [-0.2, -0.15) is 5.10 Å². The first-order chi connectivity index (χ1) is 16.0. The number of nitrogens with one attached hydrogen (secondary N) is 2. The van der Waals surface area contributed by atoms with Crippen molar-refractivity contribution in [1.29, 1.82) is 0 Å². The van der Waals surface area contributed by atoms with Crippen molar-refractivity contribution in [3.05, 3.63) is 47.8 Å². The lowest BCUT2D eigenvalue weighted by Gasteiger charge is -2.46. The number of benzene rings is 1.